The molecule has 2 heterocycles. The van der Waals surface area contributed by atoms with Crippen molar-refractivity contribution >= 4 is 27.4 Å². The molecule has 0 aliphatic carbocycles. The van der Waals surface area contributed by atoms with Crippen LogP contribution in [0.3, 0.4) is 0 Å². The third-order valence-electron chi connectivity index (χ3n) is 2.45. The molecule has 8 nitrogen and oxygen atoms in total. The SMILES string of the molecule is O=C(O)C1(Nc2ncc([N+](=O)[O-])s2)CCOC1. The van der Waals surface area contributed by atoms with E-state index in [9.17, 15) is 14.9 Å². The largest absolute Gasteiger partial charge is 0.479 e. The van der Waals surface area contributed by atoms with Gasteiger partial charge in [0.25, 0.3) is 0 Å². The highest BCUT2D eigenvalue weighted by molar-refractivity contribution is 7.18. The molecule has 1 fully saturated rings. The highest BCUT2D eigenvalue weighted by Crippen LogP contribution is 2.30. The molecule has 17 heavy (non-hydrogen) atoms. The van der Waals surface area contributed by atoms with E-state index in [1.807, 2.05) is 0 Å². The maximum Gasteiger partial charge on any atom is 0.345 e. The van der Waals surface area contributed by atoms with Crippen LogP contribution in [0.25, 0.3) is 0 Å². The Balaban J connectivity index is 2.18. The van der Waals surface area contributed by atoms with Crippen LogP contribution >= 0.6 is 11.3 Å². The first-order valence-electron chi connectivity index (χ1n) is 4.73. The van der Waals surface area contributed by atoms with E-state index in [-0.39, 0.29) is 16.7 Å². The third kappa shape index (κ3) is 2.19. The molecule has 2 rings (SSSR count). The Morgan fingerprint density at radius 1 is 1.76 bits per heavy atom. The van der Waals surface area contributed by atoms with Gasteiger partial charge in [-0.3, -0.25) is 10.1 Å². The average molecular weight is 259 g/mol. The standard InChI is InChI=1S/C8H9N3O5S/c12-6(13)8(1-2-16-4-8)10-7-9-3-5(17-7)11(14)15/h3H,1-2,4H2,(H,9,10)(H,12,13). The molecule has 1 unspecified atom stereocenters. The van der Waals surface area contributed by atoms with Crippen molar-refractivity contribution in [1.29, 1.82) is 0 Å². The summed E-state index contributed by atoms with van der Waals surface area (Å²) >= 11 is 0.804. The Labute approximate surface area is 99.4 Å². The summed E-state index contributed by atoms with van der Waals surface area (Å²) in [4.78, 5) is 24.8. The number of nitro groups is 1. The fourth-order valence-corrected chi connectivity index (χ4v) is 2.23. The zero-order valence-electron chi connectivity index (χ0n) is 8.58. The van der Waals surface area contributed by atoms with Crippen LogP contribution in [0.4, 0.5) is 10.1 Å². The quantitative estimate of drug-likeness (QED) is 0.604. The molecule has 2 N–H and O–H groups in total. The molecule has 0 spiro atoms. The Kier molecular flexibility index (Phi) is 2.94. The zero-order chi connectivity index (χ0) is 12.5. The highest BCUT2D eigenvalue weighted by atomic mass is 32.1. The van der Waals surface area contributed by atoms with Gasteiger partial charge in [-0.05, 0) is 11.3 Å². The molecule has 1 atom stereocenters. The second-order valence-corrected chi connectivity index (χ2v) is 4.58. The number of hydrogen-bond donors (Lipinski definition) is 2. The first kappa shape index (κ1) is 11.7. The van der Waals surface area contributed by atoms with Gasteiger partial charge in [0.1, 0.15) is 6.20 Å². The van der Waals surface area contributed by atoms with E-state index in [1.165, 1.54) is 0 Å². The molecule has 92 valence electrons. The summed E-state index contributed by atoms with van der Waals surface area (Å²) in [5, 5.41) is 22.4. The summed E-state index contributed by atoms with van der Waals surface area (Å²) in [6, 6.07) is 0. The molecule has 1 saturated heterocycles. The second kappa shape index (κ2) is 4.26. The number of anilines is 1. The highest BCUT2D eigenvalue weighted by Gasteiger charge is 2.43. The molecule has 0 amide bonds. The topological polar surface area (TPSA) is 115 Å². The van der Waals surface area contributed by atoms with Gasteiger partial charge >= 0.3 is 11.0 Å². The summed E-state index contributed by atoms with van der Waals surface area (Å²) < 4.78 is 5.05. The van der Waals surface area contributed by atoms with E-state index >= 15 is 0 Å². The minimum atomic E-state index is -1.23. The van der Waals surface area contributed by atoms with E-state index in [1.54, 1.807) is 0 Å². The molecule has 0 bridgehead atoms. The lowest BCUT2D eigenvalue weighted by Gasteiger charge is -2.22. The number of nitrogens with zero attached hydrogens (tertiary/aromatic N) is 2. The number of hydrogen-bond acceptors (Lipinski definition) is 7. The summed E-state index contributed by atoms with van der Waals surface area (Å²) in [6.45, 7) is 0.364. The van der Waals surface area contributed by atoms with Crippen LogP contribution in [-0.2, 0) is 9.53 Å². The number of thiazole rings is 1. The van der Waals surface area contributed by atoms with Gasteiger partial charge in [-0.15, -0.1) is 0 Å². The van der Waals surface area contributed by atoms with Crippen LogP contribution in [0.15, 0.2) is 6.20 Å². The second-order valence-electron chi connectivity index (χ2n) is 3.58. The van der Waals surface area contributed by atoms with Crippen molar-refractivity contribution in [1.82, 2.24) is 4.98 Å². The van der Waals surface area contributed by atoms with Crippen LogP contribution in [0.2, 0.25) is 0 Å². The Morgan fingerprint density at radius 3 is 3.00 bits per heavy atom. The van der Waals surface area contributed by atoms with Gasteiger partial charge < -0.3 is 15.2 Å². The number of carboxylic acid groups (broad SMARTS) is 1. The van der Waals surface area contributed by atoms with Crippen molar-refractivity contribution < 1.29 is 19.6 Å². The lowest BCUT2D eigenvalue weighted by atomic mass is 10.00. The van der Waals surface area contributed by atoms with E-state index < -0.39 is 16.4 Å². The lowest BCUT2D eigenvalue weighted by Crippen LogP contribution is -2.46. The monoisotopic (exact) mass is 259 g/mol. The first-order valence-corrected chi connectivity index (χ1v) is 5.55. The number of ether oxygens (including phenoxy) is 1. The molecule has 1 aromatic heterocycles. The minimum absolute atomic E-state index is 0.0235. The normalized spacial score (nSPS) is 23.5. The van der Waals surface area contributed by atoms with Crippen LogP contribution in [0.1, 0.15) is 6.42 Å². The Morgan fingerprint density at radius 2 is 2.53 bits per heavy atom. The Bertz CT molecular complexity index is 454. The maximum absolute atomic E-state index is 11.2. The first-order chi connectivity index (χ1) is 8.03. The van der Waals surface area contributed by atoms with Crippen molar-refractivity contribution in [2.45, 2.75) is 12.0 Å². The fraction of sp³-hybridized carbons (Fsp3) is 0.500. The van der Waals surface area contributed by atoms with Crippen molar-refractivity contribution in [3.05, 3.63) is 16.3 Å². The zero-order valence-corrected chi connectivity index (χ0v) is 9.40. The predicted molar refractivity (Wildman–Crippen MR) is 58.2 cm³/mol. The average Bonchev–Trinajstić information content (AvgIpc) is 2.88. The number of rotatable bonds is 4. The summed E-state index contributed by atoms with van der Waals surface area (Å²) in [6.07, 6.45) is 1.40. The number of carboxylic acids is 1. The van der Waals surface area contributed by atoms with Crippen molar-refractivity contribution in [3.8, 4) is 0 Å². The molecule has 9 heteroatoms. The molecule has 0 aromatic carbocycles. The summed E-state index contributed by atoms with van der Waals surface area (Å²) in [5.74, 6) is -1.05. The number of carbonyl (C=O) groups is 1. The van der Waals surface area contributed by atoms with Crippen molar-refractivity contribution in [2.75, 3.05) is 18.5 Å². The number of nitrogens with one attached hydrogen (secondary N) is 1. The fourth-order valence-electron chi connectivity index (χ4n) is 1.50. The van der Waals surface area contributed by atoms with Gasteiger partial charge in [-0.1, -0.05) is 0 Å². The molecule has 1 aliphatic rings. The van der Waals surface area contributed by atoms with Gasteiger partial charge in [0.05, 0.1) is 11.5 Å². The van der Waals surface area contributed by atoms with Crippen molar-refractivity contribution in [2.24, 2.45) is 0 Å². The van der Waals surface area contributed by atoms with Crippen molar-refractivity contribution in [3.63, 3.8) is 0 Å². The number of aromatic nitrogens is 1. The van der Waals surface area contributed by atoms with E-state index in [2.05, 4.69) is 10.3 Å². The molecule has 0 saturated carbocycles. The minimum Gasteiger partial charge on any atom is -0.479 e. The third-order valence-corrected chi connectivity index (χ3v) is 3.32. The number of aliphatic carboxylic acids is 1. The van der Waals surface area contributed by atoms with E-state index in [4.69, 9.17) is 9.84 Å². The van der Waals surface area contributed by atoms with Crippen LogP contribution < -0.4 is 5.32 Å². The lowest BCUT2D eigenvalue weighted by molar-refractivity contribution is -0.380. The predicted octanol–water partition coefficient (Wildman–Crippen LogP) is 0.707. The van der Waals surface area contributed by atoms with Crippen LogP contribution in [0, 0.1) is 10.1 Å². The van der Waals surface area contributed by atoms with Gasteiger partial charge in [-0.25, -0.2) is 9.78 Å². The van der Waals surface area contributed by atoms with Crippen LogP contribution in [-0.4, -0.2) is 39.7 Å². The van der Waals surface area contributed by atoms with Crippen LogP contribution in [0.5, 0.6) is 0 Å². The van der Waals surface area contributed by atoms with E-state index in [0.717, 1.165) is 17.5 Å². The smallest absolute Gasteiger partial charge is 0.345 e. The van der Waals surface area contributed by atoms with Gasteiger partial charge in [-0.2, -0.15) is 0 Å². The maximum atomic E-state index is 11.2. The molecular weight excluding hydrogens is 250 g/mol. The molecular formula is C8H9N3O5S. The molecule has 0 radical (unpaired) electrons. The van der Waals surface area contributed by atoms with Gasteiger partial charge in [0.15, 0.2) is 10.7 Å². The van der Waals surface area contributed by atoms with Gasteiger partial charge in [0, 0.05) is 13.0 Å². The van der Waals surface area contributed by atoms with Gasteiger partial charge in [0.2, 0.25) is 0 Å². The summed E-state index contributed by atoms with van der Waals surface area (Å²) in [7, 11) is 0. The Hall–Kier alpha value is -1.74. The van der Waals surface area contributed by atoms with E-state index in [0.29, 0.717) is 13.0 Å². The molecule has 1 aliphatic heterocycles. The summed E-state index contributed by atoms with van der Waals surface area (Å²) in [5.41, 5.74) is -1.23. The molecule has 1 aromatic rings.